The number of hydrogen-bond donors (Lipinski definition) is 2. The van der Waals surface area contributed by atoms with Crippen LogP contribution in [-0.4, -0.2) is 62.7 Å². The molecule has 2 atom stereocenters. The number of aliphatic imine (C=N–C) groups is 1. The van der Waals surface area contributed by atoms with Crippen LogP contribution in [0.25, 0.3) is 6.08 Å². The number of nitrogens with one attached hydrogen (secondary N) is 1. The van der Waals surface area contributed by atoms with Crippen LogP contribution in [0.15, 0.2) is 96.0 Å². The molecule has 4 rings (SSSR count). The molecule has 8 heteroatoms. The van der Waals surface area contributed by atoms with Gasteiger partial charge in [-0.25, -0.2) is 4.99 Å². The van der Waals surface area contributed by atoms with Gasteiger partial charge in [0.15, 0.2) is 17.9 Å². The summed E-state index contributed by atoms with van der Waals surface area (Å²) in [5.41, 5.74) is 1.30. The molecule has 8 nitrogen and oxygen atoms in total. The molecule has 0 bridgehead atoms. The Morgan fingerprint density at radius 3 is 2.35 bits per heavy atom. The Balaban J connectivity index is 1.71. The summed E-state index contributed by atoms with van der Waals surface area (Å²) in [7, 11) is 3.05. The van der Waals surface area contributed by atoms with Crippen LogP contribution >= 0.6 is 0 Å². The quantitative estimate of drug-likeness (QED) is 0.228. The molecule has 210 valence electrons. The fourth-order valence-corrected chi connectivity index (χ4v) is 4.47. The zero-order valence-electron chi connectivity index (χ0n) is 22.9. The van der Waals surface area contributed by atoms with E-state index in [4.69, 9.17) is 29.0 Å². The van der Waals surface area contributed by atoms with E-state index in [0.717, 1.165) is 16.7 Å². The van der Waals surface area contributed by atoms with Crippen molar-refractivity contribution in [1.82, 2.24) is 5.32 Å². The molecule has 2 N–H and O–H groups in total. The summed E-state index contributed by atoms with van der Waals surface area (Å²) in [6, 6.07) is 26.9. The highest BCUT2D eigenvalue weighted by atomic mass is 16.7. The fraction of sp³-hybridized carbons (Fsp3) is 0.312. The van der Waals surface area contributed by atoms with E-state index in [9.17, 15) is 4.79 Å². The summed E-state index contributed by atoms with van der Waals surface area (Å²) in [4.78, 5) is 19.0. The summed E-state index contributed by atoms with van der Waals surface area (Å²) < 4.78 is 22.7. The summed E-state index contributed by atoms with van der Waals surface area (Å²) in [6.45, 7) is 0.647. The first-order valence-corrected chi connectivity index (χ1v) is 13.3. The summed E-state index contributed by atoms with van der Waals surface area (Å²) in [5.74, 6) is 0.751. The molecule has 0 saturated heterocycles. The van der Waals surface area contributed by atoms with Crippen molar-refractivity contribution < 1.29 is 28.8 Å². The molecular formula is C32H36N2O6. The normalized spacial score (nSPS) is 18.5. The van der Waals surface area contributed by atoms with Gasteiger partial charge in [-0.1, -0.05) is 72.8 Å². The first-order valence-electron chi connectivity index (χ1n) is 13.3. The van der Waals surface area contributed by atoms with Crippen LogP contribution in [-0.2, 0) is 19.0 Å². The average Bonchev–Trinajstić information content (AvgIpc) is 3.40. The predicted octanol–water partition coefficient (Wildman–Crippen LogP) is 4.54. The number of aliphatic hydroxyl groups excluding tert-OH is 1. The molecule has 3 aromatic carbocycles. The number of amides is 1. The van der Waals surface area contributed by atoms with E-state index in [1.165, 1.54) is 14.2 Å². The Labute approximate surface area is 235 Å². The van der Waals surface area contributed by atoms with Crippen molar-refractivity contribution in [3.05, 3.63) is 108 Å². The van der Waals surface area contributed by atoms with E-state index < -0.39 is 17.9 Å². The lowest BCUT2D eigenvalue weighted by atomic mass is 9.84. The predicted molar refractivity (Wildman–Crippen MR) is 154 cm³/mol. The molecule has 0 unspecified atom stereocenters. The number of hydrogen-bond acceptors (Lipinski definition) is 7. The Hall–Kier alpha value is -3.98. The van der Waals surface area contributed by atoms with E-state index in [0.29, 0.717) is 31.1 Å². The van der Waals surface area contributed by atoms with Crippen molar-refractivity contribution in [2.24, 2.45) is 4.99 Å². The summed E-state index contributed by atoms with van der Waals surface area (Å²) >= 11 is 0. The lowest BCUT2D eigenvalue weighted by Crippen LogP contribution is -2.50. The molecule has 1 aliphatic heterocycles. The molecule has 1 heterocycles. The molecular weight excluding hydrogens is 508 g/mol. The SMILES string of the molecule is COC(CNC(=O)[C@]1(C/C=C/c2ccccc2)N=C(c2ccc(OCCCO)cc2)O[C@@H]1c1ccccc1)OC. The highest BCUT2D eigenvalue weighted by Gasteiger charge is 2.52. The van der Waals surface area contributed by atoms with Crippen LogP contribution in [0.2, 0.25) is 0 Å². The standard InChI is InChI=1S/C32H36N2O6/c1-37-28(38-2)23-33-31(36)32(20-9-13-24-11-5-3-6-12-24)29(25-14-7-4-8-15-25)40-30(34-32)26-16-18-27(19-17-26)39-22-10-21-35/h3-9,11-19,28-29,35H,10,20-23H2,1-2H3,(H,33,36)/b13-9+/t29-,32-/m1/s1. The van der Waals surface area contributed by atoms with Crippen molar-refractivity contribution >= 4 is 17.9 Å². The topological polar surface area (TPSA) is 98.6 Å². The maximum Gasteiger partial charge on any atom is 0.252 e. The molecule has 0 saturated carbocycles. The van der Waals surface area contributed by atoms with Gasteiger partial charge in [0.2, 0.25) is 5.90 Å². The summed E-state index contributed by atoms with van der Waals surface area (Å²) in [5, 5.41) is 12.0. The molecule has 40 heavy (non-hydrogen) atoms. The van der Waals surface area contributed by atoms with Gasteiger partial charge in [-0.2, -0.15) is 0 Å². The molecule has 3 aromatic rings. The van der Waals surface area contributed by atoms with E-state index in [-0.39, 0.29) is 19.1 Å². The molecule has 1 amide bonds. The van der Waals surface area contributed by atoms with Gasteiger partial charge < -0.3 is 29.4 Å². The van der Waals surface area contributed by atoms with Gasteiger partial charge in [0.1, 0.15) is 5.75 Å². The zero-order valence-corrected chi connectivity index (χ0v) is 22.9. The van der Waals surface area contributed by atoms with Gasteiger partial charge in [-0.05, 0) is 35.4 Å². The van der Waals surface area contributed by atoms with Crippen molar-refractivity contribution in [3.8, 4) is 5.75 Å². The third-order valence-corrected chi connectivity index (χ3v) is 6.63. The Bertz CT molecular complexity index is 1260. The number of carbonyl (C=O) groups excluding carboxylic acids is 1. The Kier molecular flexibility index (Phi) is 10.5. The number of methoxy groups -OCH3 is 2. The fourth-order valence-electron chi connectivity index (χ4n) is 4.47. The van der Waals surface area contributed by atoms with Gasteiger partial charge in [0.25, 0.3) is 5.91 Å². The van der Waals surface area contributed by atoms with Crippen molar-refractivity contribution in [1.29, 1.82) is 0 Å². The van der Waals surface area contributed by atoms with Crippen LogP contribution in [0.4, 0.5) is 0 Å². The molecule has 0 aromatic heterocycles. The van der Waals surface area contributed by atoms with Crippen LogP contribution in [0, 0.1) is 0 Å². The number of aliphatic hydroxyl groups is 1. The second-order valence-corrected chi connectivity index (χ2v) is 9.33. The van der Waals surface area contributed by atoms with Crippen LogP contribution in [0.5, 0.6) is 5.75 Å². The minimum Gasteiger partial charge on any atom is -0.494 e. The number of nitrogens with zero attached hydrogens (tertiary/aromatic N) is 1. The Morgan fingerprint density at radius 2 is 1.70 bits per heavy atom. The van der Waals surface area contributed by atoms with E-state index in [1.807, 2.05) is 97.1 Å². The zero-order chi connectivity index (χ0) is 28.2. The van der Waals surface area contributed by atoms with Crippen molar-refractivity contribution in [3.63, 3.8) is 0 Å². The third kappa shape index (κ3) is 7.15. The van der Waals surface area contributed by atoms with Gasteiger partial charge in [0.05, 0.1) is 13.2 Å². The smallest absolute Gasteiger partial charge is 0.252 e. The first kappa shape index (κ1) is 29.0. The Morgan fingerprint density at radius 1 is 1.02 bits per heavy atom. The van der Waals surface area contributed by atoms with Crippen molar-refractivity contribution in [2.75, 3.05) is 34.0 Å². The minimum atomic E-state index is -1.29. The van der Waals surface area contributed by atoms with E-state index in [2.05, 4.69) is 5.32 Å². The van der Waals surface area contributed by atoms with Gasteiger partial charge in [-0.3, -0.25) is 4.79 Å². The van der Waals surface area contributed by atoms with Gasteiger partial charge in [0, 0.05) is 39.2 Å². The minimum absolute atomic E-state index is 0.0714. The van der Waals surface area contributed by atoms with Crippen LogP contribution in [0.3, 0.4) is 0 Å². The molecule has 1 aliphatic rings. The molecule has 0 radical (unpaired) electrons. The second kappa shape index (κ2) is 14.4. The second-order valence-electron chi connectivity index (χ2n) is 9.33. The van der Waals surface area contributed by atoms with Crippen LogP contribution in [0.1, 0.15) is 35.6 Å². The number of ether oxygens (including phenoxy) is 4. The maximum absolute atomic E-state index is 14.0. The molecule has 0 spiro atoms. The monoisotopic (exact) mass is 544 g/mol. The van der Waals surface area contributed by atoms with E-state index in [1.54, 1.807) is 0 Å². The van der Waals surface area contributed by atoms with Gasteiger partial charge >= 0.3 is 0 Å². The number of rotatable bonds is 14. The lowest BCUT2D eigenvalue weighted by molar-refractivity contribution is -0.134. The van der Waals surface area contributed by atoms with E-state index >= 15 is 0 Å². The molecule has 0 fully saturated rings. The summed E-state index contributed by atoms with van der Waals surface area (Å²) in [6.07, 6.45) is 3.52. The highest BCUT2D eigenvalue weighted by molar-refractivity contribution is 6.01. The van der Waals surface area contributed by atoms with Crippen LogP contribution < -0.4 is 10.1 Å². The third-order valence-electron chi connectivity index (χ3n) is 6.63. The highest BCUT2D eigenvalue weighted by Crippen LogP contribution is 2.43. The first-order chi connectivity index (χ1) is 19.6. The van der Waals surface area contributed by atoms with Crippen molar-refractivity contribution in [2.45, 2.75) is 30.8 Å². The maximum atomic E-state index is 14.0. The lowest BCUT2D eigenvalue weighted by Gasteiger charge is -2.30. The molecule has 0 aliphatic carbocycles. The average molecular weight is 545 g/mol. The van der Waals surface area contributed by atoms with Gasteiger partial charge in [-0.15, -0.1) is 0 Å². The largest absolute Gasteiger partial charge is 0.494 e. The number of carbonyl (C=O) groups is 1. The number of benzene rings is 3.